The van der Waals surface area contributed by atoms with Crippen LogP contribution in [0.25, 0.3) is 22.6 Å². The Bertz CT molecular complexity index is 1060. The molecule has 8 heteroatoms. The molecule has 2 heterocycles. The summed E-state index contributed by atoms with van der Waals surface area (Å²) in [5.41, 5.74) is 7.19. The van der Waals surface area contributed by atoms with Crippen molar-refractivity contribution in [3.05, 3.63) is 35.1 Å². The van der Waals surface area contributed by atoms with Gasteiger partial charge in [-0.25, -0.2) is 15.0 Å². The maximum atomic E-state index is 10.6. The highest BCUT2D eigenvalue weighted by atomic mass is 35.5. The summed E-state index contributed by atoms with van der Waals surface area (Å²) in [6.45, 7) is 0. The highest BCUT2D eigenvalue weighted by molar-refractivity contribution is 6.30. The molecule has 0 saturated heterocycles. The molecule has 0 amide bonds. The lowest BCUT2D eigenvalue weighted by molar-refractivity contribution is 0.0610. The third-order valence-electron chi connectivity index (χ3n) is 4.94. The fraction of sp³-hybridized carbons (Fsp3) is 0.350. The molecule has 146 valence electrons. The number of anilines is 1. The number of aliphatic hydroxyl groups is 1. The van der Waals surface area contributed by atoms with Crippen LogP contribution in [0.4, 0.5) is 5.82 Å². The molecule has 0 radical (unpaired) electrons. The van der Waals surface area contributed by atoms with Crippen molar-refractivity contribution in [1.82, 2.24) is 19.5 Å². The lowest BCUT2D eigenvalue weighted by Gasteiger charge is -2.26. The molecular formula is C20H21Cl2N5O. The van der Waals surface area contributed by atoms with Crippen LogP contribution >= 0.6 is 24.0 Å². The van der Waals surface area contributed by atoms with Crippen LogP contribution in [0.3, 0.4) is 0 Å². The number of rotatable bonds is 1. The first kappa shape index (κ1) is 20.4. The van der Waals surface area contributed by atoms with E-state index in [0.717, 1.165) is 30.7 Å². The quantitative estimate of drug-likeness (QED) is 0.588. The fourth-order valence-corrected chi connectivity index (χ4v) is 3.56. The summed E-state index contributed by atoms with van der Waals surface area (Å²) < 4.78 is 1.86. The van der Waals surface area contributed by atoms with Gasteiger partial charge in [-0.15, -0.1) is 12.4 Å². The van der Waals surface area contributed by atoms with E-state index < -0.39 is 5.60 Å². The molecule has 1 aliphatic rings. The molecule has 0 unspecified atom stereocenters. The summed E-state index contributed by atoms with van der Waals surface area (Å²) in [7, 11) is 1.87. The molecule has 1 saturated carbocycles. The molecule has 2 aromatic heterocycles. The smallest absolute Gasteiger partial charge is 0.209 e. The van der Waals surface area contributed by atoms with E-state index in [0.29, 0.717) is 34.9 Å². The summed E-state index contributed by atoms with van der Waals surface area (Å²) in [5, 5.41) is 11.2. The van der Waals surface area contributed by atoms with Gasteiger partial charge >= 0.3 is 0 Å². The maximum absolute atomic E-state index is 10.6. The van der Waals surface area contributed by atoms with Crippen LogP contribution in [0, 0.1) is 11.8 Å². The van der Waals surface area contributed by atoms with Crippen molar-refractivity contribution in [1.29, 1.82) is 0 Å². The number of fused-ring (bicyclic) bond motifs is 1. The van der Waals surface area contributed by atoms with E-state index >= 15 is 0 Å². The molecule has 1 aliphatic carbocycles. The first-order valence-corrected chi connectivity index (χ1v) is 9.34. The van der Waals surface area contributed by atoms with Crippen LogP contribution in [0.5, 0.6) is 0 Å². The second-order valence-corrected chi connectivity index (χ2v) is 7.38. The van der Waals surface area contributed by atoms with Gasteiger partial charge in [0.2, 0.25) is 5.82 Å². The predicted molar refractivity (Wildman–Crippen MR) is 113 cm³/mol. The van der Waals surface area contributed by atoms with Crippen LogP contribution in [0.2, 0.25) is 5.02 Å². The van der Waals surface area contributed by atoms with E-state index in [2.05, 4.69) is 26.8 Å². The summed E-state index contributed by atoms with van der Waals surface area (Å²) in [6.07, 6.45) is 4.48. The Kier molecular flexibility index (Phi) is 5.80. The standard InChI is InChI=1S/C20H20ClN5O.ClH/c1-26-18(13-5-7-14(21)8-6-13)25-16-17(22)23-15(24-19(16)26)9-12-20(27)10-3-2-4-11-20;/h5-8,27H,2-4,10-11H2,1H3,(H2,22,23,24);1H. The number of nitrogen functional groups attached to an aromatic ring is 1. The molecule has 28 heavy (non-hydrogen) atoms. The van der Waals surface area contributed by atoms with E-state index in [1.165, 1.54) is 0 Å². The van der Waals surface area contributed by atoms with Gasteiger partial charge in [-0.3, -0.25) is 0 Å². The maximum Gasteiger partial charge on any atom is 0.209 e. The summed E-state index contributed by atoms with van der Waals surface area (Å²) in [6, 6.07) is 7.42. The molecule has 3 N–H and O–H groups in total. The topological polar surface area (TPSA) is 89.9 Å². The lowest BCUT2D eigenvalue weighted by atomic mass is 9.85. The van der Waals surface area contributed by atoms with Crippen molar-refractivity contribution >= 4 is 41.0 Å². The number of aromatic nitrogens is 4. The van der Waals surface area contributed by atoms with Gasteiger partial charge in [0.25, 0.3) is 0 Å². The van der Waals surface area contributed by atoms with E-state index in [-0.39, 0.29) is 18.2 Å². The highest BCUT2D eigenvalue weighted by Gasteiger charge is 2.26. The minimum Gasteiger partial charge on any atom is -0.382 e. The number of hydrogen-bond donors (Lipinski definition) is 2. The Morgan fingerprint density at radius 3 is 2.46 bits per heavy atom. The number of aryl methyl sites for hydroxylation is 1. The van der Waals surface area contributed by atoms with E-state index in [1.807, 2.05) is 35.9 Å². The van der Waals surface area contributed by atoms with Gasteiger partial charge in [0, 0.05) is 17.6 Å². The normalized spacial score (nSPS) is 15.5. The first-order chi connectivity index (χ1) is 13.0. The number of nitrogens with two attached hydrogens (primary N) is 1. The molecule has 6 nitrogen and oxygen atoms in total. The summed E-state index contributed by atoms with van der Waals surface area (Å²) in [4.78, 5) is 13.4. The van der Waals surface area contributed by atoms with Gasteiger partial charge in [0.05, 0.1) is 0 Å². The second kappa shape index (κ2) is 7.96. The Morgan fingerprint density at radius 1 is 1.11 bits per heavy atom. The Balaban J connectivity index is 0.00000225. The highest BCUT2D eigenvalue weighted by Crippen LogP contribution is 2.28. The van der Waals surface area contributed by atoms with Crippen molar-refractivity contribution < 1.29 is 5.11 Å². The molecule has 0 bridgehead atoms. The molecule has 0 spiro atoms. The molecule has 0 atom stereocenters. The third-order valence-corrected chi connectivity index (χ3v) is 5.19. The zero-order chi connectivity index (χ0) is 19.0. The molecule has 0 aliphatic heterocycles. The molecule has 3 aromatic rings. The largest absolute Gasteiger partial charge is 0.382 e. The van der Waals surface area contributed by atoms with E-state index in [1.54, 1.807) is 0 Å². The number of hydrogen-bond acceptors (Lipinski definition) is 5. The van der Waals surface area contributed by atoms with Gasteiger partial charge < -0.3 is 15.4 Å². The Morgan fingerprint density at radius 2 is 1.79 bits per heavy atom. The van der Waals surface area contributed by atoms with E-state index in [4.69, 9.17) is 17.3 Å². The zero-order valence-electron chi connectivity index (χ0n) is 15.4. The van der Waals surface area contributed by atoms with Crippen LogP contribution in [0.15, 0.2) is 24.3 Å². The van der Waals surface area contributed by atoms with Crippen LogP contribution < -0.4 is 5.73 Å². The third kappa shape index (κ3) is 3.93. The predicted octanol–water partition coefficient (Wildman–Crippen LogP) is 3.73. The lowest BCUT2D eigenvalue weighted by Crippen LogP contribution is -2.29. The average molecular weight is 418 g/mol. The van der Waals surface area contributed by atoms with Gasteiger partial charge in [-0.05, 0) is 55.9 Å². The first-order valence-electron chi connectivity index (χ1n) is 8.97. The Labute approximate surface area is 174 Å². The number of halogens is 2. The van der Waals surface area contributed by atoms with Crippen LogP contribution in [-0.2, 0) is 7.05 Å². The van der Waals surface area contributed by atoms with Gasteiger partial charge in [0.1, 0.15) is 11.4 Å². The van der Waals surface area contributed by atoms with Crippen molar-refractivity contribution in [3.63, 3.8) is 0 Å². The number of imidazole rings is 1. The zero-order valence-corrected chi connectivity index (χ0v) is 17.0. The van der Waals surface area contributed by atoms with Gasteiger partial charge in [0.15, 0.2) is 17.0 Å². The number of nitrogens with zero attached hydrogens (tertiary/aromatic N) is 4. The molecular weight excluding hydrogens is 397 g/mol. The number of benzene rings is 1. The minimum absolute atomic E-state index is 0. The van der Waals surface area contributed by atoms with Gasteiger partial charge in [-0.1, -0.05) is 23.9 Å². The van der Waals surface area contributed by atoms with Crippen molar-refractivity contribution in [3.8, 4) is 23.2 Å². The fourth-order valence-electron chi connectivity index (χ4n) is 3.43. The monoisotopic (exact) mass is 417 g/mol. The summed E-state index contributed by atoms with van der Waals surface area (Å²) in [5.74, 6) is 7.15. The van der Waals surface area contributed by atoms with Crippen LogP contribution in [0.1, 0.15) is 37.9 Å². The van der Waals surface area contributed by atoms with Gasteiger partial charge in [-0.2, -0.15) is 0 Å². The minimum atomic E-state index is -0.952. The summed E-state index contributed by atoms with van der Waals surface area (Å²) >= 11 is 5.97. The molecule has 1 fully saturated rings. The second-order valence-electron chi connectivity index (χ2n) is 6.95. The van der Waals surface area contributed by atoms with Crippen molar-refractivity contribution in [2.45, 2.75) is 37.7 Å². The van der Waals surface area contributed by atoms with Crippen molar-refractivity contribution in [2.24, 2.45) is 7.05 Å². The van der Waals surface area contributed by atoms with Crippen LogP contribution in [-0.4, -0.2) is 30.2 Å². The molecule has 4 rings (SSSR count). The average Bonchev–Trinajstić information content (AvgIpc) is 2.99. The Hall–Kier alpha value is -2.33. The SMILES string of the molecule is Cl.Cn1c(-c2ccc(Cl)cc2)nc2c(N)nc(C#CC3(O)CCCCC3)nc21. The van der Waals surface area contributed by atoms with E-state index in [9.17, 15) is 5.11 Å². The van der Waals surface area contributed by atoms with Crippen molar-refractivity contribution in [2.75, 3.05) is 5.73 Å². The molecule has 1 aromatic carbocycles.